The van der Waals surface area contributed by atoms with Gasteiger partial charge in [-0.2, -0.15) is 5.06 Å². The van der Waals surface area contributed by atoms with Crippen LogP contribution in [0.5, 0.6) is 0 Å². The van der Waals surface area contributed by atoms with Crippen LogP contribution in [0.3, 0.4) is 0 Å². The molecule has 1 N–H and O–H groups in total. The number of rotatable bonds is 3. The molecule has 0 aliphatic carbocycles. The summed E-state index contributed by atoms with van der Waals surface area (Å²) in [7, 11) is -1.51. The minimum Gasteiger partial charge on any atom is -0.286 e. The number of hydroxylamine groups is 4. The third-order valence-electron chi connectivity index (χ3n) is 7.22. The summed E-state index contributed by atoms with van der Waals surface area (Å²) in [5.41, 5.74) is 3.53. The van der Waals surface area contributed by atoms with Gasteiger partial charge in [0.05, 0.1) is 16.4 Å². The fraction of sp³-hybridized carbons (Fsp3) is 0.522. The Morgan fingerprint density at radius 2 is 1.69 bits per heavy atom. The molecule has 0 atom stereocenters. The number of nitrogens with zero attached hydrogens (tertiary/aromatic N) is 3. The molecule has 1 aromatic carbocycles. The van der Waals surface area contributed by atoms with Crippen LogP contribution in [-0.4, -0.2) is 34.5 Å². The summed E-state index contributed by atoms with van der Waals surface area (Å²) in [6.45, 7) is 14.1. The zero-order valence-electron chi connectivity index (χ0n) is 18.6. The van der Waals surface area contributed by atoms with E-state index in [-0.39, 0.29) is 5.82 Å². The van der Waals surface area contributed by atoms with Gasteiger partial charge >= 0.3 is 0 Å². The van der Waals surface area contributed by atoms with E-state index in [1.165, 1.54) is 18.1 Å². The highest BCUT2D eigenvalue weighted by Crippen LogP contribution is 2.44. The maximum atomic E-state index is 12.9. The first-order valence-corrected chi connectivity index (χ1v) is 13.1. The second kappa shape index (κ2) is 7.32. The summed E-state index contributed by atoms with van der Waals surface area (Å²) in [5.74, 6) is 3.58. The summed E-state index contributed by atoms with van der Waals surface area (Å²) >= 11 is 0. The Morgan fingerprint density at radius 1 is 1.07 bits per heavy atom. The summed E-state index contributed by atoms with van der Waals surface area (Å²) in [5, 5.41) is 27.3. The minimum absolute atomic E-state index is 0.193. The van der Waals surface area contributed by atoms with Crippen molar-refractivity contribution < 1.29 is 10.4 Å². The zero-order valence-corrected chi connectivity index (χ0v) is 19.6. The second-order valence-electron chi connectivity index (χ2n) is 9.05. The van der Waals surface area contributed by atoms with Gasteiger partial charge in [0.2, 0.25) is 0 Å². The number of benzene rings is 1. The van der Waals surface area contributed by atoms with E-state index >= 15 is 0 Å². The van der Waals surface area contributed by atoms with Crippen LogP contribution in [0.1, 0.15) is 54.0 Å². The summed E-state index contributed by atoms with van der Waals surface area (Å²) in [4.78, 5) is 4.66. The molecule has 155 valence electrons. The van der Waals surface area contributed by atoms with Crippen molar-refractivity contribution in [3.63, 3.8) is 0 Å². The van der Waals surface area contributed by atoms with Crippen molar-refractivity contribution in [1.82, 2.24) is 10.1 Å². The average molecular weight is 411 g/mol. The molecule has 3 rings (SSSR count). The molecule has 29 heavy (non-hydrogen) atoms. The van der Waals surface area contributed by atoms with Crippen LogP contribution in [0.4, 0.5) is 0 Å². The van der Waals surface area contributed by atoms with E-state index in [1.807, 2.05) is 52.0 Å². The molecule has 1 saturated heterocycles. The molecule has 1 aromatic rings. The Bertz CT molecular complexity index is 996. The Morgan fingerprint density at radius 3 is 2.21 bits per heavy atom. The SMILES string of the molecule is CC[Si](C#Cc1ccc2c(c1)=N/C(=C1\N([O])C(C)(C)C(C)(C)N1O)C=2)(CC)CC. The van der Waals surface area contributed by atoms with Crippen LogP contribution < -0.4 is 10.6 Å². The molecule has 1 radical (unpaired) electrons. The van der Waals surface area contributed by atoms with E-state index in [0.717, 1.165) is 26.3 Å². The molecule has 0 aromatic heterocycles. The molecule has 2 heterocycles. The van der Waals surface area contributed by atoms with Crippen molar-refractivity contribution in [1.29, 1.82) is 0 Å². The van der Waals surface area contributed by atoms with Gasteiger partial charge in [-0.1, -0.05) is 38.0 Å². The van der Waals surface area contributed by atoms with E-state index < -0.39 is 19.2 Å². The minimum atomic E-state index is -1.51. The van der Waals surface area contributed by atoms with Gasteiger partial charge in [-0.25, -0.2) is 10.1 Å². The number of allylic oxidation sites excluding steroid dienone is 1. The largest absolute Gasteiger partial charge is 0.286 e. The van der Waals surface area contributed by atoms with Crippen LogP contribution in [0.15, 0.2) is 34.7 Å². The molecule has 2 aliphatic rings. The smallest absolute Gasteiger partial charge is 0.183 e. The van der Waals surface area contributed by atoms with Gasteiger partial charge in [-0.3, -0.25) is 5.21 Å². The standard InChI is InChI=1S/C23H32N3O2Si/c1-8-29(9-2,10-3)14-13-17-11-12-18-16-20(24-19(18)15-17)21-25(27)22(4,5)23(6,7)26(21)28/h11-12,15-16,27H,8-10H2,1-7H3/b21-20-. The van der Waals surface area contributed by atoms with Crippen LogP contribution in [-0.2, 0) is 5.21 Å². The molecular weight excluding hydrogens is 378 g/mol. The monoisotopic (exact) mass is 410 g/mol. The van der Waals surface area contributed by atoms with Gasteiger partial charge in [0, 0.05) is 10.8 Å². The van der Waals surface area contributed by atoms with Gasteiger partial charge in [-0.15, -0.1) is 5.54 Å². The highest BCUT2D eigenvalue weighted by Gasteiger charge is 2.57. The quantitative estimate of drug-likeness (QED) is 0.612. The third kappa shape index (κ3) is 3.31. The highest BCUT2D eigenvalue weighted by atomic mass is 28.3. The van der Waals surface area contributed by atoms with Crippen molar-refractivity contribution >= 4 is 14.1 Å². The van der Waals surface area contributed by atoms with Crippen molar-refractivity contribution in [2.24, 2.45) is 4.99 Å². The van der Waals surface area contributed by atoms with E-state index in [2.05, 4.69) is 37.2 Å². The molecule has 0 unspecified atom stereocenters. The van der Waals surface area contributed by atoms with Gasteiger partial charge in [0.1, 0.15) is 13.8 Å². The average Bonchev–Trinajstić information content (AvgIpc) is 3.16. The Labute approximate surface area is 175 Å². The molecule has 1 fully saturated rings. The van der Waals surface area contributed by atoms with Gasteiger partial charge in [-0.05, 0) is 64.0 Å². The second-order valence-corrected chi connectivity index (χ2v) is 14.0. The Kier molecular flexibility index (Phi) is 5.46. The van der Waals surface area contributed by atoms with Crippen LogP contribution in [0.2, 0.25) is 18.1 Å². The molecule has 6 heteroatoms. The lowest BCUT2D eigenvalue weighted by Gasteiger charge is -2.36. The van der Waals surface area contributed by atoms with Crippen LogP contribution >= 0.6 is 0 Å². The van der Waals surface area contributed by atoms with Crippen LogP contribution in [0.25, 0.3) is 6.08 Å². The number of hydrogen-bond acceptors (Lipinski definition) is 4. The first-order valence-electron chi connectivity index (χ1n) is 10.5. The lowest BCUT2D eigenvalue weighted by molar-refractivity contribution is -0.181. The lowest BCUT2D eigenvalue weighted by atomic mass is 9.84. The predicted octanol–water partition coefficient (Wildman–Crippen LogP) is 3.58. The van der Waals surface area contributed by atoms with Crippen molar-refractivity contribution in [3.05, 3.63) is 45.9 Å². The first kappa shape index (κ1) is 21.6. The number of fused-ring (bicyclic) bond motifs is 1. The normalized spacial score (nSPS) is 22.0. The molecule has 2 aliphatic heterocycles. The van der Waals surface area contributed by atoms with Gasteiger partial charge in [0.25, 0.3) is 0 Å². The molecular formula is C23H32N3O2Si. The molecule has 0 bridgehead atoms. The highest BCUT2D eigenvalue weighted by molar-refractivity contribution is 6.87. The molecule has 0 amide bonds. The van der Waals surface area contributed by atoms with Crippen molar-refractivity contribution in [3.8, 4) is 11.5 Å². The topological polar surface area (TPSA) is 59.0 Å². The summed E-state index contributed by atoms with van der Waals surface area (Å²) in [6.07, 6.45) is 1.86. The van der Waals surface area contributed by atoms with Crippen LogP contribution in [0, 0.1) is 11.5 Å². The van der Waals surface area contributed by atoms with Gasteiger partial charge in [0.15, 0.2) is 5.82 Å². The summed E-state index contributed by atoms with van der Waals surface area (Å²) in [6, 6.07) is 9.50. The molecule has 5 nitrogen and oxygen atoms in total. The van der Waals surface area contributed by atoms with E-state index in [4.69, 9.17) is 0 Å². The maximum Gasteiger partial charge on any atom is 0.183 e. The molecule has 0 spiro atoms. The fourth-order valence-electron chi connectivity index (χ4n) is 3.82. The van der Waals surface area contributed by atoms with Crippen molar-refractivity contribution in [2.45, 2.75) is 77.7 Å². The predicted molar refractivity (Wildman–Crippen MR) is 117 cm³/mol. The lowest BCUT2D eigenvalue weighted by Crippen LogP contribution is -2.52. The number of hydrogen-bond donors (Lipinski definition) is 1. The Hall–Kier alpha value is -2.07. The summed E-state index contributed by atoms with van der Waals surface area (Å²) < 4.78 is 0. The maximum absolute atomic E-state index is 12.9. The van der Waals surface area contributed by atoms with E-state index in [1.54, 1.807) is 0 Å². The molecule has 0 saturated carbocycles. The van der Waals surface area contributed by atoms with E-state index in [9.17, 15) is 10.4 Å². The van der Waals surface area contributed by atoms with E-state index in [0.29, 0.717) is 5.70 Å². The first-order chi connectivity index (χ1) is 13.5. The van der Waals surface area contributed by atoms with Crippen molar-refractivity contribution in [2.75, 3.05) is 0 Å². The fourth-order valence-corrected chi connectivity index (χ4v) is 6.26. The Balaban J connectivity index is 2.05. The third-order valence-corrected chi connectivity index (χ3v) is 11.9. The zero-order chi connectivity index (χ0) is 21.6. The van der Waals surface area contributed by atoms with Gasteiger partial charge < -0.3 is 0 Å².